The van der Waals surface area contributed by atoms with Crippen LogP contribution in [0.1, 0.15) is 35.0 Å². The molecular weight excluding hydrogens is 308 g/mol. The number of nitrogens with one attached hydrogen (secondary N) is 1. The van der Waals surface area contributed by atoms with Crippen LogP contribution in [0.2, 0.25) is 5.02 Å². The fourth-order valence-corrected chi connectivity index (χ4v) is 3.08. The molecule has 108 valence electrons. The molecule has 1 aliphatic carbocycles. The highest BCUT2D eigenvalue weighted by Gasteiger charge is 2.51. The molecule has 0 unspecified atom stereocenters. The number of rotatable bonds is 4. The monoisotopic (exact) mass is 320 g/mol. The van der Waals surface area contributed by atoms with E-state index in [1.807, 2.05) is 12.1 Å². The standard InChI is InChI=1S/C15H13ClN2O2S/c1-9(19)12-8-17-14(21-12)18-13(20)15(6-7-15)10-2-4-11(16)5-3-10/h2-5,8H,6-7H2,1H3,(H,17,18,20). The topological polar surface area (TPSA) is 59.1 Å². The average Bonchev–Trinajstić information content (AvgIpc) is 3.13. The summed E-state index contributed by atoms with van der Waals surface area (Å²) in [5.74, 6) is -0.124. The van der Waals surface area contributed by atoms with Crippen LogP contribution in [-0.4, -0.2) is 16.7 Å². The Morgan fingerprint density at radius 1 is 1.29 bits per heavy atom. The number of Topliss-reactive ketones (excluding diaryl/α,β-unsaturated/α-hetero) is 1. The first-order valence-corrected chi connectivity index (χ1v) is 7.75. The SMILES string of the molecule is CC(=O)c1cnc(NC(=O)C2(c3ccc(Cl)cc3)CC2)s1. The van der Waals surface area contributed by atoms with Gasteiger partial charge in [0.15, 0.2) is 10.9 Å². The summed E-state index contributed by atoms with van der Waals surface area (Å²) >= 11 is 7.08. The van der Waals surface area contributed by atoms with Crippen molar-refractivity contribution in [1.29, 1.82) is 0 Å². The minimum absolute atomic E-state index is 0.0492. The van der Waals surface area contributed by atoms with Crippen LogP contribution in [0.15, 0.2) is 30.5 Å². The fraction of sp³-hybridized carbons (Fsp3) is 0.267. The van der Waals surface area contributed by atoms with Crippen LogP contribution in [0.5, 0.6) is 0 Å². The highest BCUT2D eigenvalue weighted by molar-refractivity contribution is 7.17. The zero-order valence-corrected chi connectivity index (χ0v) is 12.9. The van der Waals surface area contributed by atoms with Crippen molar-refractivity contribution in [2.24, 2.45) is 0 Å². The summed E-state index contributed by atoms with van der Waals surface area (Å²) in [5, 5.41) is 3.93. The number of hydrogen-bond donors (Lipinski definition) is 1. The summed E-state index contributed by atoms with van der Waals surface area (Å²) in [4.78, 5) is 28.4. The number of thiazole rings is 1. The highest BCUT2D eigenvalue weighted by atomic mass is 35.5. The van der Waals surface area contributed by atoms with Crippen LogP contribution < -0.4 is 5.32 Å². The van der Waals surface area contributed by atoms with Crippen molar-refractivity contribution in [3.8, 4) is 0 Å². The van der Waals surface area contributed by atoms with Gasteiger partial charge in [-0.25, -0.2) is 4.98 Å². The molecule has 0 radical (unpaired) electrons. The maximum absolute atomic E-state index is 12.5. The number of halogens is 1. The van der Waals surface area contributed by atoms with Crippen LogP contribution in [0.25, 0.3) is 0 Å². The lowest BCUT2D eigenvalue weighted by Gasteiger charge is -2.14. The molecule has 4 nitrogen and oxygen atoms in total. The molecule has 1 fully saturated rings. The molecule has 2 aromatic rings. The zero-order chi connectivity index (χ0) is 15.0. The summed E-state index contributed by atoms with van der Waals surface area (Å²) in [6.45, 7) is 1.48. The van der Waals surface area contributed by atoms with Gasteiger partial charge < -0.3 is 5.32 Å². The van der Waals surface area contributed by atoms with E-state index in [-0.39, 0.29) is 11.7 Å². The molecular formula is C15H13ClN2O2S. The van der Waals surface area contributed by atoms with E-state index in [9.17, 15) is 9.59 Å². The van der Waals surface area contributed by atoms with Gasteiger partial charge in [-0.1, -0.05) is 35.1 Å². The summed E-state index contributed by atoms with van der Waals surface area (Å²) in [5.41, 5.74) is 0.486. The Hall–Kier alpha value is -1.72. The molecule has 1 aromatic heterocycles. The number of ketones is 1. The van der Waals surface area contributed by atoms with Gasteiger partial charge in [-0.2, -0.15) is 0 Å². The largest absolute Gasteiger partial charge is 0.301 e. The normalized spacial score (nSPS) is 15.5. The van der Waals surface area contributed by atoms with Crippen LogP contribution in [0.4, 0.5) is 5.13 Å². The van der Waals surface area contributed by atoms with Gasteiger partial charge in [0.1, 0.15) is 0 Å². The molecule has 1 N–H and O–H groups in total. The lowest BCUT2D eigenvalue weighted by molar-refractivity contribution is -0.118. The highest BCUT2D eigenvalue weighted by Crippen LogP contribution is 2.49. The summed E-state index contributed by atoms with van der Waals surface area (Å²) in [6.07, 6.45) is 3.11. The van der Waals surface area contributed by atoms with Gasteiger partial charge in [-0.15, -0.1) is 0 Å². The minimum Gasteiger partial charge on any atom is -0.301 e. The van der Waals surface area contributed by atoms with Crippen molar-refractivity contribution in [2.75, 3.05) is 5.32 Å². The first kappa shape index (κ1) is 14.2. The van der Waals surface area contributed by atoms with Crippen LogP contribution >= 0.6 is 22.9 Å². The van der Waals surface area contributed by atoms with Gasteiger partial charge in [0.05, 0.1) is 16.5 Å². The fourth-order valence-electron chi connectivity index (χ4n) is 2.25. The number of carbonyl (C=O) groups is 2. The molecule has 0 bridgehead atoms. The van der Waals surface area contributed by atoms with Crippen LogP contribution in [0.3, 0.4) is 0 Å². The lowest BCUT2D eigenvalue weighted by atomic mass is 9.95. The predicted molar refractivity (Wildman–Crippen MR) is 83.1 cm³/mol. The van der Waals surface area contributed by atoms with E-state index in [1.54, 1.807) is 12.1 Å². The van der Waals surface area contributed by atoms with E-state index in [1.165, 1.54) is 24.5 Å². The van der Waals surface area contributed by atoms with Crippen molar-refractivity contribution < 1.29 is 9.59 Å². The van der Waals surface area contributed by atoms with Crippen molar-refractivity contribution in [3.63, 3.8) is 0 Å². The molecule has 0 saturated heterocycles. The molecule has 6 heteroatoms. The lowest BCUT2D eigenvalue weighted by Crippen LogP contribution is -2.27. The van der Waals surface area contributed by atoms with Crippen molar-refractivity contribution in [3.05, 3.63) is 45.9 Å². The van der Waals surface area contributed by atoms with Crippen molar-refractivity contribution in [1.82, 2.24) is 4.98 Å². The Bertz CT molecular complexity index is 705. The number of carbonyl (C=O) groups excluding carboxylic acids is 2. The quantitative estimate of drug-likeness (QED) is 0.874. The Morgan fingerprint density at radius 2 is 1.95 bits per heavy atom. The van der Waals surface area contributed by atoms with E-state index >= 15 is 0 Å². The molecule has 0 spiro atoms. The first-order valence-electron chi connectivity index (χ1n) is 6.55. The van der Waals surface area contributed by atoms with E-state index in [0.717, 1.165) is 18.4 Å². The molecule has 1 amide bonds. The van der Waals surface area contributed by atoms with E-state index in [0.29, 0.717) is 15.0 Å². The van der Waals surface area contributed by atoms with Crippen molar-refractivity contribution >= 4 is 39.8 Å². The van der Waals surface area contributed by atoms with Gasteiger partial charge in [-0.05, 0) is 30.5 Å². The van der Waals surface area contributed by atoms with Gasteiger partial charge >= 0.3 is 0 Å². The van der Waals surface area contributed by atoms with Gasteiger partial charge in [0.25, 0.3) is 0 Å². The third kappa shape index (κ3) is 2.71. The van der Waals surface area contributed by atoms with E-state index in [4.69, 9.17) is 11.6 Å². The van der Waals surface area contributed by atoms with Gasteiger partial charge in [0.2, 0.25) is 5.91 Å². The molecule has 21 heavy (non-hydrogen) atoms. The molecule has 3 rings (SSSR count). The molecule has 1 aliphatic rings. The Kier molecular flexibility index (Phi) is 3.55. The van der Waals surface area contributed by atoms with Gasteiger partial charge in [-0.3, -0.25) is 9.59 Å². The second-order valence-electron chi connectivity index (χ2n) is 5.13. The summed E-state index contributed by atoms with van der Waals surface area (Å²) < 4.78 is 0. The number of benzene rings is 1. The van der Waals surface area contributed by atoms with Gasteiger partial charge in [0, 0.05) is 11.9 Å². The Balaban J connectivity index is 1.78. The van der Waals surface area contributed by atoms with E-state index in [2.05, 4.69) is 10.3 Å². The zero-order valence-electron chi connectivity index (χ0n) is 11.4. The Morgan fingerprint density at radius 3 is 2.48 bits per heavy atom. The molecule has 1 saturated carbocycles. The minimum atomic E-state index is -0.480. The van der Waals surface area contributed by atoms with E-state index < -0.39 is 5.41 Å². The molecule has 0 aliphatic heterocycles. The Labute approximate surface area is 131 Å². The summed E-state index contributed by atoms with van der Waals surface area (Å²) in [6, 6.07) is 7.36. The first-order chi connectivity index (χ1) is 10.0. The third-order valence-corrected chi connectivity index (χ3v) is 4.92. The van der Waals surface area contributed by atoms with Crippen LogP contribution in [0, 0.1) is 0 Å². The number of nitrogens with zero attached hydrogens (tertiary/aromatic N) is 1. The maximum Gasteiger partial charge on any atom is 0.236 e. The average molecular weight is 321 g/mol. The predicted octanol–water partition coefficient (Wildman–Crippen LogP) is 3.67. The molecule has 1 aromatic carbocycles. The third-order valence-electron chi connectivity index (χ3n) is 3.65. The second kappa shape index (κ2) is 5.24. The van der Waals surface area contributed by atoms with Crippen LogP contribution in [-0.2, 0) is 10.2 Å². The number of hydrogen-bond acceptors (Lipinski definition) is 4. The number of anilines is 1. The second-order valence-corrected chi connectivity index (χ2v) is 6.60. The van der Waals surface area contributed by atoms with Crippen molar-refractivity contribution in [2.45, 2.75) is 25.2 Å². The number of amides is 1. The number of aromatic nitrogens is 1. The molecule has 0 atom stereocenters. The molecule has 1 heterocycles. The maximum atomic E-state index is 12.5. The smallest absolute Gasteiger partial charge is 0.236 e. The summed E-state index contributed by atoms with van der Waals surface area (Å²) in [7, 11) is 0.